The van der Waals surface area contributed by atoms with E-state index in [1.54, 1.807) is 19.1 Å². The van der Waals surface area contributed by atoms with Crippen molar-refractivity contribution in [3.8, 4) is 5.75 Å². The summed E-state index contributed by atoms with van der Waals surface area (Å²) in [5.41, 5.74) is 4.84. The first-order chi connectivity index (χ1) is 7.08. The predicted molar refractivity (Wildman–Crippen MR) is 54.9 cm³/mol. The van der Waals surface area contributed by atoms with Crippen LogP contribution in [0.5, 0.6) is 5.75 Å². The van der Waals surface area contributed by atoms with Gasteiger partial charge in [-0.1, -0.05) is 11.6 Å². The van der Waals surface area contributed by atoms with Crippen LogP contribution in [0.2, 0.25) is 5.15 Å². The number of nitrogens with two attached hydrogens (primary N) is 1. The van der Waals surface area contributed by atoms with E-state index >= 15 is 0 Å². The number of pyridine rings is 1. The standard InChI is InChI=1S/C9H11ClN2O3/c1-6(15-9(11)13)5-14-7-2-3-12-8(10)4-7/h2-4,6H,5H2,1H3,(H2,11,13)/t6-/m0/s1. The Bertz CT molecular complexity index is 346. The number of hydrogen-bond acceptors (Lipinski definition) is 4. The third-order valence-corrected chi connectivity index (χ3v) is 1.71. The van der Waals surface area contributed by atoms with Crippen molar-refractivity contribution in [1.29, 1.82) is 0 Å². The monoisotopic (exact) mass is 230 g/mol. The number of nitrogens with zero attached hydrogens (tertiary/aromatic N) is 1. The molecule has 82 valence electrons. The molecule has 15 heavy (non-hydrogen) atoms. The number of halogens is 1. The Kier molecular flexibility index (Phi) is 4.17. The summed E-state index contributed by atoms with van der Waals surface area (Å²) in [6, 6.07) is 3.22. The van der Waals surface area contributed by atoms with Gasteiger partial charge in [0, 0.05) is 12.3 Å². The van der Waals surface area contributed by atoms with Gasteiger partial charge in [-0.3, -0.25) is 0 Å². The maximum Gasteiger partial charge on any atom is 0.404 e. The second kappa shape index (κ2) is 5.41. The van der Waals surface area contributed by atoms with E-state index in [-0.39, 0.29) is 6.61 Å². The van der Waals surface area contributed by atoms with Gasteiger partial charge in [-0.2, -0.15) is 0 Å². The fraction of sp³-hybridized carbons (Fsp3) is 0.333. The molecule has 0 unspecified atom stereocenters. The smallest absolute Gasteiger partial charge is 0.404 e. The van der Waals surface area contributed by atoms with Crippen molar-refractivity contribution in [3.63, 3.8) is 0 Å². The van der Waals surface area contributed by atoms with Crippen LogP contribution in [0.1, 0.15) is 6.92 Å². The van der Waals surface area contributed by atoms with Gasteiger partial charge >= 0.3 is 6.09 Å². The van der Waals surface area contributed by atoms with Crippen LogP contribution in [0.3, 0.4) is 0 Å². The van der Waals surface area contributed by atoms with Crippen LogP contribution >= 0.6 is 11.6 Å². The van der Waals surface area contributed by atoms with E-state index in [2.05, 4.69) is 9.72 Å². The van der Waals surface area contributed by atoms with Gasteiger partial charge in [0.2, 0.25) is 0 Å². The number of hydrogen-bond donors (Lipinski definition) is 1. The highest BCUT2D eigenvalue weighted by atomic mass is 35.5. The molecule has 0 spiro atoms. The minimum absolute atomic E-state index is 0.212. The topological polar surface area (TPSA) is 74.4 Å². The van der Waals surface area contributed by atoms with Gasteiger partial charge in [-0.25, -0.2) is 9.78 Å². The van der Waals surface area contributed by atoms with E-state index in [0.717, 1.165) is 0 Å². The summed E-state index contributed by atoms with van der Waals surface area (Å²) in [5, 5.41) is 0.343. The highest BCUT2D eigenvalue weighted by Crippen LogP contribution is 2.14. The van der Waals surface area contributed by atoms with Crippen molar-refractivity contribution in [2.24, 2.45) is 5.73 Å². The third-order valence-electron chi connectivity index (χ3n) is 1.50. The SMILES string of the molecule is C[C@@H](COc1ccnc(Cl)c1)OC(N)=O. The van der Waals surface area contributed by atoms with Crippen LogP contribution in [0.4, 0.5) is 4.79 Å². The highest BCUT2D eigenvalue weighted by molar-refractivity contribution is 6.29. The fourth-order valence-electron chi connectivity index (χ4n) is 0.920. The average Bonchev–Trinajstić information content (AvgIpc) is 2.14. The summed E-state index contributed by atoms with van der Waals surface area (Å²) in [6.45, 7) is 1.89. The number of primary amides is 1. The Morgan fingerprint density at radius 2 is 2.47 bits per heavy atom. The first kappa shape index (κ1) is 11.6. The van der Waals surface area contributed by atoms with E-state index in [0.29, 0.717) is 10.9 Å². The quantitative estimate of drug-likeness (QED) is 0.798. The van der Waals surface area contributed by atoms with Crippen molar-refractivity contribution in [1.82, 2.24) is 4.98 Å². The summed E-state index contributed by atoms with van der Waals surface area (Å²) < 4.78 is 9.96. The van der Waals surface area contributed by atoms with Gasteiger partial charge in [-0.15, -0.1) is 0 Å². The Morgan fingerprint density at radius 3 is 3.07 bits per heavy atom. The zero-order valence-electron chi connectivity index (χ0n) is 8.14. The molecule has 0 saturated carbocycles. The zero-order valence-corrected chi connectivity index (χ0v) is 8.90. The second-order valence-corrected chi connectivity index (χ2v) is 3.26. The maximum atomic E-state index is 10.4. The molecule has 1 rings (SSSR count). The number of aromatic nitrogens is 1. The van der Waals surface area contributed by atoms with Gasteiger partial charge < -0.3 is 15.2 Å². The average molecular weight is 231 g/mol. The number of carbonyl (C=O) groups is 1. The van der Waals surface area contributed by atoms with Crippen LogP contribution in [0, 0.1) is 0 Å². The molecule has 0 aliphatic heterocycles. The number of amides is 1. The minimum atomic E-state index is -0.820. The molecule has 0 aromatic carbocycles. The lowest BCUT2D eigenvalue weighted by Gasteiger charge is -2.12. The van der Waals surface area contributed by atoms with Crippen LogP contribution in [-0.4, -0.2) is 23.8 Å². The van der Waals surface area contributed by atoms with Gasteiger partial charge in [0.05, 0.1) is 0 Å². The van der Waals surface area contributed by atoms with Crippen LogP contribution in [-0.2, 0) is 4.74 Å². The first-order valence-electron chi connectivity index (χ1n) is 4.28. The fourth-order valence-corrected chi connectivity index (χ4v) is 1.08. The van der Waals surface area contributed by atoms with Gasteiger partial charge in [0.25, 0.3) is 0 Å². The Labute approximate surface area is 92.1 Å². The number of ether oxygens (including phenoxy) is 2. The normalized spacial score (nSPS) is 11.9. The number of rotatable bonds is 4. The van der Waals surface area contributed by atoms with Crippen LogP contribution in [0.25, 0.3) is 0 Å². The van der Waals surface area contributed by atoms with Crippen LogP contribution < -0.4 is 10.5 Å². The van der Waals surface area contributed by atoms with Crippen molar-refractivity contribution < 1.29 is 14.3 Å². The molecule has 1 amide bonds. The summed E-state index contributed by atoms with van der Waals surface area (Å²) >= 11 is 5.65. The first-order valence-corrected chi connectivity index (χ1v) is 4.66. The lowest BCUT2D eigenvalue weighted by Crippen LogP contribution is -2.25. The molecular weight excluding hydrogens is 220 g/mol. The van der Waals surface area contributed by atoms with Gasteiger partial charge in [-0.05, 0) is 13.0 Å². The summed E-state index contributed by atoms with van der Waals surface area (Å²) in [7, 11) is 0. The second-order valence-electron chi connectivity index (χ2n) is 2.87. The predicted octanol–water partition coefficient (Wildman–Crippen LogP) is 1.60. The molecule has 0 fully saturated rings. The molecule has 1 heterocycles. The molecule has 1 atom stereocenters. The van der Waals surface area contributed by atoms with E-state index in [4.69, 9.17) is 22.1 Å². The lowest BCUT2D eigenvalue weighted by molar-refractivity contribution is 0.0823. The van der Waals surface area contributed by atoms with E-state index < -0.39 is 12.2 Å². The van der Waals surface area contributed by atoms with E-state index in [1.807, 2.05) is 0 Å². The lowest BCUT2D eigenvalue weighted by atomic mass is 10.4. The molecule has 1 aromatic rings. The zero-order chi connectivity index (χ0) is 11.3. The van der Waals surface area contributed by atoms with Crippen molar-refractivity contribution in [3.05, 3.63) is 23.5 Å². The minimum Gasteiger partial charge on any atom is -0.490 e. The molecule has 1 aromatic heterocycles. The Hall–Kier alpha value is -1.49. The Balaban J connectivity index is 2.40. The highest BCUT2D eigenvalue weighted by Gasteiger charge is 2.06. The largest absolute Gasteiger partial charge is 0.490 e. The van der Waals surface area contributed by atoms with E-state index in [1.165, 1.54) is 6.20 Å². The summed E-state index contributed by atoms with van der Waals surface area (Å²) in [5.74, 6) is 0.565. The molecule has 0 radical (unpaired) electrons. The molecule has 0 saturated heterocycles. The van der Waals surface area contributed by atoms with Crippen molar-refractivity contribution in [2.45, 2.75) is 13.0 Å². The molecule has 6 heteroatoms. The summed E-state index contributed by atoms with van der Waals surface area (Å²) in [4.78, 5) is 14.2. The number of carbonyl (C=O) groups excluding carboxylic acids is 1. The molecule has 2 N–H and O–H groups in total. The molecular formula is C9H11ClN2O3. The Morgan fingerprint density at radius 1 is 1.73 bits per heavy atom. The molecule has 0 aliphatic rings. The van der Waals surface area contributed by atoms with Crippen LogP contribution in [0.15, 0.2) is 18.3 Å². The molecule has 5 nitrogen and oxygen atoms in total. The summed E-state index contributed by atoms with van der Waals surface area (Å²) in [6.07, 6.45) is 0.297. The maximum absolute atomic E-state index is 10.4. The third kappa shape index (κ3) is 4.51. The van der Waals surface area contributed by atoms with Crippen molar-refractivity contribution in [2.75, 3.05) is 6.61 Å². The van der Waals surface area contributed by atoms with Gasteiger partial charge in [0.15, 0.2) is 0 Å². The molecule has 0 aliphatic carbocycles. The van der Waals surface area contributed by atoms with Crippen molar-refractivity contribution >= 4 is 17.7 Å². The van der Waals surface area contributed by atoms with E-state index in [9.17, 15) is 4.79 Å². The van der Waals surface area contributed by atoms with Gasteiger partial charge in [0.1, 0.15) is 23.6 Å². The molecule has 0 bridgehead atoms.